The molecular formula is C13H18F3NO. The van der Waals surface area contributed by atoms with E-state index in [-0.39, 0.29) is 5.56 Å². The van der Waals surface area contributed by atoms with E-state index in [1.165, 1.54) is 26.2 Å². The van der Waals surface area contributed by atoms with Crippen LogP contribution < -0.4 is 4.74 Å². The third-order valence-corrected chi connectivity index (χ3v) is 2.64. The Morgan fingerprint density at radius 2 is 1.89 bits per heavy atom. The molecule has 1 rings (SSSR count). The van der Waals surface area contributed by atoms with E-state index in [9.17, 15) is 13.2 Å². The molecule has 1 aromatic rings. The van der Waals surface area contributed by atoms with Crippen LogP contribution in [0, 0.1) is 6.92 Å². The number of nitrogens with zero attached hydrogens (tertiary/aromatic N) is 1. The van der Waals surface area contributed by atoms with Crippen molar-refractivity contribution in [2.45, 2.75) is 26.1 Å². The number of aryl methyl sites for hydroxylation is 1. The molecule has 0 aliphatic rings. The van der Waals surface area contributed by atoms with Crippen LogP contribution in [0.3, 0.4) is 0 Å². The van der Waals surface area contributed by atoms with Crippen molar-refractivity contribution in [1.29, 1.82) is 0 Å². The van der Waals surface area contributed by atoms with Gasteiger partial charge in [-0.3, -0.25) is 4.90 Å². The van der Waals surface area contributed by atoms with Gasteiger partial charge in [-0.15, -0.1) is 0 Å². The van der Waals surface area contributed by atoms with Gasteiger partial charge in [0.1, 0.15) is 11.8 Å². The molecular weight excluding hydrogens is 243 g/mol. The Kier molecular flexibility index (Phi) is 4.62. The van der Waals surface area contributed by atoms with E-state index >= 15 is 0 Å². The highest BCUT2D eigenvalue weighted by Crippen LogP contribution is 2.37. The average molecular weight is 261 g/mol. The van der Waals surface area contributed by atoms with Gasteiger partial charge in [0.2, 0.25) is 0 Å². The zero-order chi connectivity index (χ0) is 13.9. The Morgan fingerprint density at radius 3 is 2.28 bits per heavy atom. The lowest BCUT2D eigenvalue weighted by atomic mass is 10.0. The van der Waals surface area contributed by atoms with Crippen LogP contribution in [0.1, 0.15) is 24.1 Å². The lowest BCUT2D eigenvalue weighted by molar-refractivity contribution is -0.179. The van der Waals surface area contributed by atoms with Crippen LogP contribution in [-0.4, -0.2) is 31.8 Å². The molecule has 0 fully saturated rings. The Bertz CT molecular complexity index is 402. The third-order valence-electron chi connectivity index (χ3n) is 2.64. The quantitative estimate of drug-likeness (QED) is 0.821. The molecule has 0 heterocycles. The summed E-state index contributed by atoms with van der Waals surface area (Å²) in [5, 5.41) is 0. The topological polar surface area (TPSA) is 12.5 Å². The fourth-order valence-electron chi connectivity index (χ4n) is 1.94. The number of ether oxygens (including phenoxy) is 1. The fraction of sp³-hybridized carbons (Fsp3) is 0.538. The second kappa shape index (κ2) is 5.61. The average Bonchev–Trinajstić information content (AvgIpc) is 2.19. The SMILES string of the molecule is CCOc1ccc(C(N(C)C)C(F)(F)F)cc1C. The summed E-state index contributed by atoms with van der Waals surface area (Å²) < 4.78 is 44.2. The number of hydrogen-bond acceptors (Lipinski definition) is 2. The number of alkyl halides is 3. The van der Waals surface area contributed by atoms with Crippen molar-refractivity contribution in [3.05, 3.63) is 29.3 Å². The molecule has 0 bridgehead atoms. The van der Waals surface area contributed by atoms with Gasteiger partial charge in [0.05, 0.1) is 6.61 Å². The minimum Gasteiger partial charge on any atom is -0.494 e. The molecule has 0 amide bonds. The van der Waals surface area contributed by atoms with Crippen molar-refractivity contribution in [3.8, 4) is 5.75 Å². The van der Waals surface area contributed by atoms with Gasteiger partial charge < -0.3 is 4.74 Å². The molecule has 1 unspecified atom stereocenters. The van der Waals surface area contributed by atoms with Crippen LogP contribution in [0.5, 0.6) is 5.75 Å². The molecule has 0 aliphatic heterocycles. The van der Waals surface area contributed by atoms with Crippen molar-refractivity contribution in [2.75, 3.05) is 20.7 Å². The van der Waals surface area contributed by atoms with Gasteiger partial charge in [-0.2, -0.15) is 13.2 Å². The molecule has 0 N–H and O–H groups in total. The van der Waals surface area contributed by atoms with Crippen LogP contribution in [0.25, 0.3) is 0 Å². The molecule has 0 aromatic heterocycles. The second-order valence-electron chi connectivity index (χ2n) is 4.37. The number of halogens is 3. The molecule has 0 saturated heterocycles. The summed E-state index contributed by atoms with van der Waals surface area (Å²) >= 11 is 0. The van der Waals surface area contributed by atoms with Gasteiger partial charge in [0.25, 0.3) is 0 Å². The van der Waals surface area contributed by atoms with E-state index in [0.29, 0.717) is 17.9 Å². The molecule has 0 spiro atoms. The molecule has 0 aliphatic carbocycles. The van der Waals surface area contributed by atoms with Gasteiger partial charge in [-0.1, -0.05) is 12.1 Å². The molecule has 0 radical (unpaired) electrons. The van der Waals surface area contributed by atoms with Gasteiger partial charge in [0, 0.05) is 0 Å². The van der Waals surface area contributed by atoms with Gasteiger partial charge >= 0.3 is 6.18 Å². The molecule has 0 saturated carbocycles. The van der Waals surface area contributed by atoms with Crippen LogP contribution in [0.4, 0.5) is 13.2 Å². The summed E-state index contributed by atoms with van der Waals surface area (Å²) in [6, 6.07) is 3.00. The first kappa shape index (κ1) is 14.8. The van der Waals surface area contributed by atoms with E-state index in [1.807, 2.05) is 6.92 Å². The highest BCUT2D eigenvalue weighted by atomic mass is 19.4. The lowest BCUT2D eigenvalue weighted by Crippen LogP contribution is -2.33. The van der Waals surface area contributed by atoms with E-state index < -0.39 is 12.2 Å². The van der Waals surface area contributed by atoms with Crippen LogP contribution in [-0.2, 0) is 0 Å². The predicted octanol–water partition coefficient (Wildman–Crippen LogP) is 3.56. The van der Waals surface area contributed by atoms with Gasteiger partial charge in [-0.25, -0.2) is 0 Å². The van der Waals surface area contributed by atoms with E-state index in [4.69, 9.17) is 4.74 Å². The first-order valence-corrected chi connectivity index (χ1v) is 5.73. The molecule has 1 atom stereocenters. The Hall–Kier alpha value is -1.23. The zero-order valence-corrected chi connectivity index (χ0v) is 11.0. The van der Waals surface area contributed by atoms with E-state index in [1.54, 1.807) is 13.0 Å². The predicted molar refractivity (Wildman–Crippen MR) is 64.8 cm³/mol. The van der Waals surface area contributed by atoms with Crippen molar-refractivity contribution in [2.24, 2.45) is 0 Å². The number of hydrogen-bond donors (Lipinski definition) is 0. The first-order valence-electron chi connectivity index (χ1n) is 5.73. The molecule has 2 nitrogen and oxygen atoms in total. The maximum Gasteiger partial charge on any atom is 0.408 e. The standard InChI is InChI=1S/C13H18F3NO/c1-5-18-11-7-6-10(8-9(11)2)12(17(3)4)13(14,15)16/h6-8,12H,5H2,1-4H3. The molecule has 5 heteroatoms. The highest BCUT2D eigenvalue weighted by Gasteiger charge is 2.42. The normalized spacial score (nSPS) is 13.8. The van der Waals surface area contributed by atoms with Crippen molar-refractivity contribution < 1.29 is 17.9 Å². The molecule has 1 aromatic carbocycles. The minimum atomic E-state index is -4.29. The maximum absolute atomic E-state index is 13.0. The Labute approximate surface area is 105 Å². The van der Waals surface area contributed by atoms with Crippen molar-refractivity contribution in [1.82, 2.24) is 4.90 Å². The summed E-state index contributed by atoms with van der Waals surface area (Å²) in [6.45, 7) is 4.08. The van der Waals surface area contributed by atoms with Crippen LogP contribution in [0.15, 0.2) is 18.2 Å². The third kappa shape index (κ3) is 3.38. The first-order chi connectivity index (χ1) is 8.27. The van der Waals surface area contributed by atoms with Crippen LogP contribution in [0.2, 0.25) is 0 Å². The Morgan fingerprint density at radius 1 is 1.28 bits per heavy atom. The molecule has 102 valence electrons. The van der Waals surface area contributed by atoms with E-state index in [2.05, 4.69) is 0 Å². The number of rotatable bonds is 4. The smallest absolute Gasteiger partial charge is 0.408 e. The summed E-state index contributed by atoms with van der Waals surface area (Å²) in [5.74, 6) is 0.626. The second-order valence-corrected chi connectivity index (χ2v) is 4.37. The van der Waals surface area contributed by atoms with Gasteiger partial charge in [0.15, 0.2) is 0 Å². The summed E-state index contributed by atoms with van der Waals surface area (Å²) in [5.41, 5.74) is 0.943. The monoisotopic (exact) mass is 261 g/mol. The maximum atomic E-state index is 13.0. The summed E-state index contributed by atoms with van der Waals surface area (Å²) in [7, 11) is 2.84. The van der Waals surface area contributed by atoms with Crippen molar-refractivity contribution in [3.63, 3.8) is 0 Å². The van der Waals surface area contributed by atoms with E-state index in [0.717, 1.165) is 4.90 Å². The highest BCUT2D eigenvalue weighted by molar-refractivity contribution is 5.37. The molecule has 18 heavy (non-hydrogen) atoms. The largest absolute Gasteiger partial charge is 0.494 e. The lowest BCUT2D eigenvalue weighted by Gasteiger charge is -2.27. The Balaban J connectivity index is 3.12. The summed E-state index contributed by atoms with van der Waals surface area (Å²) in [4.78, 5) is 1.16. The fourth-order valence-corrected chi connectivity index (χ4v) is 1.94. The minimum absolute atomic E-state index is 0.230. The van der Waals surface area contributed by atoms with Crippen LogP contribution >= 0.6 is 0 Å². The zero-order valence-electron chi connectivity index (χ0n) is 11.0. The van der Waals surface area contributed by atoms with Gasteiger partial charge in [-0.05, 0) is 45.1 Å². The number of benzene rings is 1. The van der Waals surface area contributed by atoms with Crippen molar-refractivity contribution >= 4 is 0 Å². The summed E-state index contributed by atoms with van der Waals surface area (Å²) in [6.07, 6.45) is -4.29.